The van der Waals surface area contributed by atoms with Crippen LogP contribution in [0.5, 0.6) is 0 Å². The minimum absolute atomic E-state index is 0.243. The molecule has 0 saturated heterocycles. The number of likely N-dealkylation sites (N-methyl/N-ethyl adjacent to an activating group) is 1. The van der Waals surface area contributed by atoms with E-state index in [2.05, 4.69) is 5.16 Å². The van der Waals surface area contributed by atoms with Gasteiger partial charge in [0.2, 0.25) is 10.0 Å². The van der Waals surface area contributed by atoms with Gasteiger partial charge in [0.1, 0.15) is 17.5 Å². The van der Waals surface area contributed by atoms with Crippen LogP contribution < -0.4 is 5.73 Å². The van der Waals surface area contributed by atoms with Gasteiger partial charge in [0, 0.05) is 19.2 Å². The van der Waals surface area contributed by atoms with Crippen molar-refractivity contribution in [2.24, 2.45) is 10.9 Å². The van der Waals surface area contributed by atoms with Gasteiger partial charge in [0.15, 0.2) is 10.7 Å². The fourth-order valence-corrected chi connectivity index (χ4v) is 2.50. The number of rotatable bonds is 4. The standard InChI is InChI=1S/C9H10F3N3O3S/c1-15(4-8(13)14-16)19(17,18)9-6(11)2-5(10)3-7(9)12/h2-3,16H,4H2,1H3,(H2,13,14). The Labute approximate surface area is 107 Å². The summed E-state index contributed by atoms with van der Waals surface area (Å²) in [6, 6.07) is 0.487. The fraction of sp³-hybridized carbons (Fsp3) is 0.222. The summed E-state index contributed by atoms with van der Waals surface area (Å²) in [4.78, 5) is -1.30. The van der Waals surface area contributed by atoms with Crippen molar-refractivity contribution in [3.05, 3.63) is 29.6 Å². The smallest absolute Gasteiger partial charge is 0.249 e. The van der Waals surface area contributed by atoms with Crippen molar-refractivity contribution in [3.8, 4) is 0 Å². The maximum Gasteiger partial charge on any atom is 0.249 e. The van der Waals surface area contributed by atoms with Crippen molar-refractivity contribution in [3.63, 3.8) is 0 Å². The molecule has 1 aromatic rings. The molecule has 19 heavy (non-hydrogen) atoms. The molecule has 0 unspecified atom stereocenters. The number of amidine groups is 1. The van der Waals surface area contributed by atoms with Crippen molar-refractivity contribution in [1.29, 1.82) is 0 Å². The summed E-state index contributed by atoms with van der Waals surface area (Å²) in [5.41, 5.74) is 5.10. The Kier molecular flexibility index (Phi) is 4.37. The second kappa shape index (κ2) is 5.45. The van der Waals surface area contributed by atoms with Crippen LogP contribution in [0.1, 0.15) is 0 Å². The van der Waals surface area contributed by atoms with Crippen LogP contribution in [0, 0.1) is 17.5 Å². The van der Waals surface area contributed by atoms with E-state index in [9.17, 15) is 21.6 Å². The molecule has 0 bridgehead atoms. The number of oxime groups is 1. The second-order valence-corrected chi connectivity index (χ2v) is 5.53. The summed E-state index contributed by atoms with van der Waals surface area (Å²) in [6.45, 7) is -0.588. The molecule has 0 saturated carbocycles. The lowest BCUT2D eigenvalue weighted by atomic mass is 10.3. The van der Waals surface area contributed by atoms with Gasteiger partial charge in [-0.2, -0.15) is 4.31 Å². The zero-order chi connectivity index (χ0) is 14.8. The van der Waals surface area contributed by atoms with Gasteiger partial charge in [-0.1, -0.05) is 5.16 Å². The van der Waals surface area contributed by atoms with E-state index in [1.54, 1.807) is 0 Å². The fourth-order valence-electron chi connectivity index (χ4n) is 1.28. The lowest BCUT2D eigenvalue weighted by Crippen LogP contribution is -2.36. The Morgan fingerprint density at radius 3 is 2.26 bits per heavy atom. The summed E-state index contributed by atoms with van der Waals surface area (Å²) in [7, 11) is -3.61. The van der Waals surface area contributed by atoms with Gasteiger partial charge in [0.25, 0.3) is 0 Å². The molecule has 106 valence electrons. The molecule has 1 rings (SSSR count). The quantitative estimate of drug-likeness (QED) is 0.365. The molecule has 3 N–H and O–H groups in total. The number of nitrogens with zero attached hydrogens (tertiary/aromatic N) is 2. The number of halogens is 3. The van der Waals surface area contributed by atoms with Crippen LogP contribution in [0.25, 0.3) is 0 Å². The van der Waals surface area contributed by atoms with Gasteiger partial charge < -0.3 is 10.9 Å². The Balaban J connectivity index is 3.28. The molecule has 0 aromatic heterocycles. The maximum absolute atomic E-state index is 13.4. The number of sulfonamides is 1. The minimum atomic E-state index is -4.58. The van der Waals surface area contributed by atoms with E-state index < -0.39 is 44.8 Å². The highest BCUT2D eigenvalue weighted by molar-refractivity contribution is 7.89. The molecule has 0 atom stereocenters. The van der Waals surface area contributed by atoms with Gasteiger partial charge in [-0.25, -0.2) is 21.6 Å². The van der Waals surface area contributed by atoms with Crippen molar-refractivity contribution in [2.45, 2.75) is 4.90 Å². The third kappa shape index (κ3) is 3.15. The van der Waals surface area contributed by atoms with Crippen LogP contribution in [0.2, 0.25) is 0 Å². The lowest BCUT2D eigenvalue weighted by Gasteiger charge is -2.17. The minimum Gasteiger partial charge on any atom is -0.409 e. The molecule has 0 amide bonds. The van der Waals surface area contributed by atoms with E-state index in [1.165, 1.54) is 0 Å². The summed E-state index contributed by atoms with van der Waals surface area (Å²) >= 11 is 0. The summed E-state index contributed by atoms with van der Waals surface area (Å²) in [6.07, 6.45) is 0. The van der Waals surface area contributed by atoms with E-state index in [4.69, 9.17) is 10.9 Å². The van der Waals surface area contributed by atoms with Crippen LogP contribution in [0.4, 0.5) is 13.2 Å². The molecule has 10 heteroatoms. The summed E-state index contributed by atoms with van der Waals surface area (Å²) < 4.78 is 63.7. The van der Waals surface area contributed by atoms with Crippen LogP contribution in [0.15, 0.2) is 22.2 Å². The van der Waals surface area contributed by atoms with E-state index in [-0.39, 0.29) is 12.1 Å². The van der Waals surface area contributed by atoms with Crippen LogP contribution in [-0.4, -0.2) is 37.4 Å². The van der Waals surface area contributed by atoms with Crippen molar-refractivity contribution < 1.29 is 26.8 Å². The lowest BCUT2D eigenvalue weighted by molar-refractivity contribution is 0.315. The second-order valence-electron chi connectivity index (χ2n) is 3.55. The third-order valence-corrected chi connectivity index (χ3v) is 4.00. The molecule has 0 fully saturated rings. The van der Waals surface area contributed by atoms with E-state index in [0.717, 1.165) is 7.05 Å². The molecule has 6 nitrogen and oxygen atoms in total. The van der Waals surface area contributed by atoms with Crippen LogP contribution in [0.3, 0.4) is 0 Å². The molecular formula is C9H10F3N3O3S. The first-order valence-corrected chi connectivity index (χ1v) is 6.21. The molecule has 0 aliphatic rings. The average Bonchev–Trinajstić information content (AvgIpc) is 2.26. The highest BCUT2D eigenvalue weighted by Gasteiger charge is 2.29. The molecule has 0 spiro atoms. The molecule has 1 aromatic carbocycles. The van der Waals surface area contributed by atoms with Gasteiger partial charge in [-0.15, -0.1) is 0 Å². The predicted molar refractivity (Wildman–Crippen MR) is 59.5 cm³/mol. The average molecular weight is 297 g/mol. The van der Waals surface area contributed by atoms with Crippen molar-refractivity contribution in [1.82, 2.24) is 4.31 Å². The zero-order valence-electron chi connectivity index (χ0n) is 9.64. The zero-order valence-corrected chi connectivity index (χ0v) is 10.5. The summed E-state index contributed by atoms with van der Waals surface area (Å²) in [5, 5.41) is 10.8. The maximum atomic E-state index is 13.4. The first-order chi connectivity index (χ1) is 8.70. The van der Waals surface area contributed by atoms with Gasteiger partial charge in [0.05, 0.1) is 6.54 Å². The first kappa shape index (κ1) is 15.2. The molecule has 0 aliphatic heterocycles. The molecule has 0 aliphatic carbocycles. The molecular weight excluding hydrogens is 287 g/mol. The Hall–Kier alpha value is -1.81. The summed E-state index contributed by atoms with van der Waals surface area (Å²) in [5.74, 6) is -4.85. The van der Waals surface area contributed by atoms with Gasteiger partial charge in [-0.3, -0.25) is 0 Å². The Bertz CT molecular complexity index is 595. The third-order valence-electron chi connectivity index (χ3n) is 2.14. The highest BCUT2D eigenvalue weighted by atomic mass is 32.2. The Morgan fingerprint density at radius 2 is 1.84 bits per heavy atom. The molecule has 0 radical (unpaired) electrons. The van der Waals surface area contributed by atoms with Crippen LogP contribution >= 0.6 is 0 Å². The number of nitrogens with two attached hydrogens (primary N) is 1. The van der Waals surface area contributed by atoms with E-state index in [1.807, 2.05) is 0 Å². The largest absolute Gasteiger partial charge is 0.409 e. The van der Waals surface area contributed by atoms with Gasteiger partial charge >= 0.3 is 0 Å². The number of hydrogen-bond donors (Lipinski definition) is 2. The van der Waals surface area contributed by atoms with E-state index >= 15 is 0 Å². The van der Waals surface area contributed by atoms with Crippen LogP contribution in [-0.2, 0) is 10.0 Å². The highest BCUT2D eigenvalue weighted by Crippen LogP contribution is 2.22. The van der Waals surface area contributed by atoms with Gasteiger partial charge in [-0.05, 0) is 0 Å². The van der Waals surface area contributed by atoms with Crippen molar-refractivity contribution >= 4 is 15.9 Å². The van der Waals surface area contributed by atoms with E-state index in [0.29, 0.717) is 4.31 Å². The van der Waals surface area contributed by atoms with Crippen molar-refractivity contribution in [2.75, 3.05) is 13.6 Å². The number of hydrogen-bond acceptors (Lipinski definition) is 4. The normalized spacial score (nSPS) is 13.0. The Morgan fingerprint density at radius 1 is 1.37 bits per heavy atom. The number of benzene rings is 1. The monoisotopic (exact) mass is 297 g/mol. The molecule has 0 heterocycles. The SMILES string of the molecule is CN(CC(N)=NO)S(=O)(=O)c1c(F)cc(F)cc1F. The first-order valence-electron chi connectivity index (χ1n) is 4.77. The predicted octanol–water partition coefficient (Wildman–Crippen LogP) is 0.471. The topological polar surface area (TPSA) is 96.0 Å².